The smallest absolute Gasteiger partial charge is 0.242 e. The normalized spacial score (nSPS) is 19.5. The van der Waals surface area contributed by atoms with Crippen LogP contribution in [0.5, 0.6) is 0 Å². The highest BCUT2D eigenvalue weighted by Crippen LogP contribution is 2.28. The van der Waals surface area contributed by atoms with Gasteiger partial charge in [0.15, 0.2) is 0 Å². The number of anilines is 2. The molecule has 1 aromatic carbocycles. The Labute approximate surface area is 123 Å². The summed E-state index contributed by atoms with van der Waals surface area (Å²) in [5.74, 6) is -0.513. The second kappa shape index (κ2) is 5.88. The lowest BCUT2D eigenvalue weighted by atomic mass is 10.1. The van der Waals surface area contributed by atoms with Crippen LogP contribution in [0.3, 0.4) is 0 Å². The van der Waals surface area contributed by atoms with Crippen LogP contribution in [0.15, 0.2) is 23.1 Å². The number of hydrogen-bond donors (Lipinski definition) is 3. The molecule has 0 aliphatic carbocycles. The predicted octanol–water partition coefficient (Wildman–Crippen LogP) is -1.13. The second-order valence-corrected chi connectivity index (χ2v) is 6.50. The molecule has 1 fully saturated rings. The number of hydrogen-bond acceptors (Lipinski definition) is 6. The fourth-order valence-corrected chi connectivity index (χ4v) is 2.97. The van der Waals surface area contributed by atoms with E-state index < -0.39 is 22.0 Å². The highest BCUT2D eigenvalue weighted by Gasteiger charge is 2.29. The summed E-state index contributed by atoms with van der Waals surface area (Å²) in [7, 11) is -2.24. The average molecular weight is 314 g/mol. The maximum absolute atomic E-state index is 11.7. The number of rotatable bonds is 4. The summed E-state index contributed by atoms with van der Waals surface area (Å²) < 4.78 is 30.9. The van der Waals surface area contributed by atoms with Gasteiger partial charge in [-0.25, -0.2) is 13.1 Å². The molecule has 8 nitrogen and oxygen atoms in total. The summed E-state index contributed by atoms with van der Waals surface area (Å²) in [4.78, 5) is 13.3. The molecule has 9 heteroatoms. The van der Waals surface area contributed by atoms with Crippen molar-refractivity contribution in [3.63, 3.8) is 0 Å². The van der Waals surface area contributed by atoms with E-state index in [0.717, 1.165) is 0 Å². The Balaban J connectivity index is 2.38. The van der Waals surface area contributed by atoms with Gasteiger partial charge in [-0.05, 0) is 25.2 Å². The lowest BCUT2D eigenvalue weighted by molar-refractivity contribution is -0.121. The number of ether oxygens (including phenoxy) is 1. The molecule has 5 N–H and O–H groups in total. The molecule has 1 heterocycles. The van der Waals surface area contributed by atoms with Crippen molar-refractivity contribution >= 4 is 27.3 Å². The first-order valence-electron chi connectivity index (χ1n) is 6.33. The molecule has 0 spiro atoms. The Morgan fingerprint density at radius 3 is 2.76 bits per heavy atom. The maximum Gasteiger partial charge on any atom is 0.242 e. The van der Waals surface area contributed by atoms with Crippen LogP contribution in [0.1, 0.15) is 0 Å². The molecule has 2 rings (SSSR count). The molecule has 1 unspecified atom stereocenters. The fraction of sp³-hybridized carbons (Fsp3) is 0.417. The van der Waals surface area contributed by atoms with Crippen LogP contribution >= 0.6 is 0 Å². The number of morpholine rings is 1. The molecule has 1 atom stereocenters. The third-order valence-electron chi connectivity index (χ3n) is 3.34. The van der Waals surface area contributed by atoms with Crippen molar-refractivity contribution in [3.05, 3.63) is 18.2 Å². The number of carbonyl (C=O) groups excluding carboxylic acids is 1. The van der Waals surface area contributed by atoms with Crippen molar-refractivity contribution in [2.75, 3.05) is 37.4 Å². The molecule has 1 saturated heterocycles. The van der Waals surface area contributed by atoms with Crippen LogP contribution in [0.4, 0.5) is 11.4 Å². The van der Waals surface area contributed by atoms with Crippen molar-refractivity contribution in [1.29, 1.82) is 0 Å². The van der Waals surface area contributed by atoms with Crippen molar-refractivity contribution in [1.82, 2.24) is 4.72 Å². The highest BCUT2D eigenvalue weighted by molar-refractivity contribution is 7.89. The van der Waals surface area contributed by atoms with Crippen molar-refractivity contribution in [2.24, 2.45) is 5.73 Å². The second-order valence-electron chi connectivity index (χ2n) is 4.61. The predicted molar refractivity (Wildman–Crippen MR) is 78.2 cm³/mol. The number of carbonyl (C=O) groups is 1. The SMILES string of the molecule is CNS(=O)(=O)c1ccc(N2CCOCC2C(N)=O)c(N)c1. The number of nitrogens with zero attached hydrogens (tertiary/aromatic N) is 1. The summed E-state index contributed by atoms with van der Waals surface area (Å²) >= 11 is 0. The number of sulfonamides is 1. The number of nitrogens with one attached hydrogen (secondary N) is 1. The third-order valence-corrected chi connectivity index (χ3v) is 4.76. The zero-order chi connectivity index (χ0) is 15.6. The fourth-order valence-electron chi connectivity index (χ4n) is 2.21. The van der Waals surface area contributed by atoms with E-state index in [1.807, 2.05) is 0 Å². The first-order valence-corrected chi connectivity index (χ1v) is 7.82. The Morgan fingerprint density at radius 2 is 2.19 bits per heavy atom. The standard InChI is InChI=1S/C12H18N4O4S/c1-15-21(18,19)8-2-3-10(9(13)6-8)16-4-5-20-7-11(16)12(14)17/h2-3,6,11,15H,4-5,7,13H2,1H3,(H2,14,17). The topological polar surface area (TPSA) is 128 Å². The van der Waals surface area contributed by atoms with Gasteiger partial charge in [-0.2, -0.15) is 0 Å². The largest absolute Gasteiger partial charge is 0.397 e. The van der Waals surface area contributed by atoms with E-state index in [0.29, 0.717) is 18.8 Å². The summed E-state index contributed by atoms with van der Waals surface area (Å²) in [5, 5.41) is 0. The van der Waals surface area contributed by atoms with Crippen molar-refractivity contribution in [2.45, 2.75) is 10.9 Å². The van der Waals surface area contributed by atoms with Gasteiger partial charge in [-0.1, -0.05) is 0 Å². The molecule has 0 bridgehead atoms. The molecule has 116 valence electrons. The number of benzene rings is 1. The summed E-state index contributed by atoms with van der Waals surface area (Å²) in [5.41, 5.74) is 12.1. The van der Waals surface area contributed by atoms with Gasteiger partial charge in [0.25, 0.3) is 0 Å². The minimum Gasteiger partial charge on any atom is -0.397 e. The first kappa shape index (κ1) is 15.5. The zero-order valence-electron chi connectivity index (χ0n) is 11.6. The van der Waals surface area contributed by atoms with Crippen LogP contribution in [0, 0.1) is 0 Å². The molecule has 1 aliphatic rings. The van der Waals surface area contributed by atoms with E-state index in [4.69, 9.17) is 16.2 Å². The van der Waals surface area contributed by atoms with Crippen LogP contribution < -0.4 is 21.1 Å². The molecule has 21 heavy (non-hydrogen) atoms. The monoisotopic (exact) mass is 314 g/mol. The van der Waals surface area contributed by atoms with Crippen LogP contribution in [-0.2, 0) is 19.6 Å². The number of amides is 1. The van der Waals surface area contributed by atoms with Crippen molar-refractivity contribution < 1.29 is 17.9 Å². The summed E-state index contributed by atoms with van der Waals surface area (Å²) in [6.07, 6.45) is 0. The Bertz CT molecular complexity index is 647. The van der Waals surface area contributed by atoms with Gasteiger partial charge in [0, 0.05) is 6.54 Å². The minimum absolute atomic E-state index is 0.0649. The van der Waals surface area contributed by atoms with Crippen LogP contribution in [0.25, 0.3) is 0 Å². The van der Waals surface area contributed by atoms with Gasteiger partial charge in [0.2, 0.25) is 15.9 Å². The molecular weight excluding hydrogens is 296 g/mol. The summed E-state index contributed by atoms with van der Waals surface area (Å²) in [6.45, 7) is 1.08. The van der Waals surface area contributed by atoms with E-state index >= 15 is 0 Å². The molecule has 0 aromatic heterocycles. The highest BCUT2D eigenvalue weighted by atomic mass is 32.2. The van der Waals surface area contributed by atoms with Gasteiger partial charge < -0.3 is 21.1 Å². The molecule has 0 radical (unpaired) electrons. The summed E-state index contributed by atoms with van der Waals surface area (Å²) in [6, 6.07) is 3.74. The molecule has 1 amide bonds. The minimum atomic E-state index is -3.56. The quantitative estimate of drug-likeness (QED) is 0.603. The third kappa shape index (κ3) is 3.09. The van der Waals surface area contributed by atoms with E-state index in [9.17, 15) is 13.2 Å². The van der Waals surface area contributed by atoms with Crippen molar-refractivity contribution in [3.8, 4) is 0 Å². The van der Waals surface area contributed by atoms with E-state index in [-0.39, 0.29) is 17.2 Å². The van der Waals surface area contributed by atoms with E-state index in [2.05, 4.69) is 4.72 Å². The van der Waals surface area contributed by atoms with Gasteiger partial charge >= 0.3 is 0 Å². The van der Waals surface area contributed by atoms with E-state index in [1.165, 1.54) is 19.2 Å². The van der Waals surface area contributed by atoms with Gasteiger partial charge in [0.1, 0.15) is 6.04 Å². The number of nitrogen functional groups attached to an aromatic ring is 1. The Morgan fingerprint density at radius 1 is 1.48 bits per heavy atom. The Kier molecular flexibility index (Phi) is 4.35. The molecule has 1 aromatic rings. The molecular formula is C12H18N4O4S. The average Bonchev–Trinajstić information content (AvgIpc) is 2.47. The van der Waals surface area contributed by atoms with Crippen LogP contribution in [0.2, 0.25) is 0 Å². The lowest BCUT2D eigenvalue weighted by Gasteiger charge is -2.36. The molecule has 0 saturated carbocycles. The lowest BCUT2D eigenvalue weighted by Crippen LogP contribution is -2.52. The zero-order valence-corrected chi connectivity index (χ0v) is 12.4. The maximum atomic E-state index is 11.7. The Hall–Kier alpha value is -1.84. The van der Waals surface area contributed by atoms with Gasteiger partial charge in [-0.15, -0.1) is 0 Å². The van der Waals surface area contributed by atoms with Gasteiger partial charge in [0.05, 0.1) is 29.5 Å². The number of primary amides is 1. The number of nitrogens with two attached hydrogens (primary N) is 2. The van der Waals surface area contributed by atoms with Gasteiger partial charge in [-0.3, -0.25) is 4.79 Å². The van der Waals surface area contributed by atoms with Crippen LogP contribution in [-0.4, -0.2) is 47.2 Å². The first-order chi connectivity index (χ1) is 9.86. The molecule has 1 aliphatic heterocycles. The van der Waals surface area contributed by atoms with E-state index in [1.54, 1.807) is 11.0 Å².